The van der Waals surface area contributed by atoms with Crippen LogP contribution >= 0.6 is 0 Å². The number of aromatic nitrogens is 5. The Kier molecular flexibility index (Phi) is 10.3. The maximum atomic E-state index is 5.34. The van der Waals surface area contributed by atoms with Gasteiger partial charge in [-0.15, -0.1) is 0 Å². The van der Waals surface area contributed by atoms with Crippen molar-refractivity contribution in [2.45, 2.75) is 13.8 Å². The minimum Gasteiger partial charge on any atom is -0.256 e. The van der Waals surface area contributed by atoms with Gasteiger partial charge in [0.25, 0.3) is 0 Å². The first-order chi connectivity index (χ1) is 30.5. The molecule has 0 amide bonds. The molecule has 294 valence electrons. The normalized spacial score (nSPS) is 11.1. The summed E-state index contributed by atoms with van der Waals surface area (Å²) >= 11 is 0. The van der Waals surface area contributed by atoms with Crippen molar-refractivity contribution >= 4 is 0 Å². The molecule has 0 N–H and O–H groups in total. The highest BCUT2D eigenvalue weighted by molar-refractivity contribution is 5.83. The largest absolute Gasteiger partial charge is 0.256 e. The van der Waals surface area contributed by atoms with E-state index in [-0.39, 0.29) is 0 Å². The van der Waals surface area contributed by atoms with Gasteiger partial charge in [-0.3, -0.25) is 9.97 Å². The Labute approximate surface area is 362 Å². The van der Waals surface area contributed by atoms with Gasteiger partial charge in [-0.1, -0.05) is 151 Å². The van der Waals surface area contributed by atoms with Crippen molar-refractivity contribution in [1.29, 1.82) is 0 Å². The Morgan fingerprint density at radius 1 is 0.242 bits per heavy atom. The van der Waals surface area contributed by atoms with E-state index in [4.69, 9.17) is 15.0 Å². The Morgan fingerprint density at radius 2 is 0.548 bits per heavy atom. The summed E-state index contributed by atoms with van der Waals surface area (Å²) < 4.78 is 0. The molecule has 0 bridgehead atoms. The summed E-state index contributed by atoms with van der Waals surface area (Å²) in [6, 6.07) is 69.9. The van der Waals surface area contributed by atoms with E-state index >= 15 is 0 Å². The van der Waals surface area contributed by atoms with Crippen LogP contribution in [0.4, 0.5) is 0 Å². The first-order valence-electron chi connectivity index (χ1n) is 20.8. The average molecular weight is 796 g/mol. The van der Waals surface area contributed by atoms with Crippen molar-refractivity contribution < 1.29 is 0 Å². The Hall–Kier alpha value is -8.15. The van der Waals surface area contributed by atoms with Crippen molar-refractivity contribution in [3.05, 3.63) is 224 Å². The van der Waals surface area contributed by atoms with Crippen LogP contribution in [0, 0.1) is 13.8 Å². The molecule has 3 heterocycles. The summed E-state index contributed by atoms with van der Waals surface area (Å²) in [7, 11) is 0. The molecule has 7 aromatic carbocycles. The fourth-order valence-corrected chi connectivity index (χ4v) is 7.76. The number of benzene rings is 7. The number of pyridine rings is 2. The first-order valence-corrected chi connectivity index (χ1v) is 20.8. The number of hydrogen-bond donors (Lipinski definition) is 0. The van der Waals surface area contributed by atoms with Crippen LogP contribution in [-0.4, -0.2) is 24.9 Å². The predicted octanol–water partition coefficient (Wildman–Crippen LogP) is 14.3. The van der Waals surface area contributed by atoms with Gasteiger partial charge in [0.1, 0.15) is 0 Å². The zero-order valence-corrected chi connectivity index (χ0v) is 34.4. The highest BCUT2D eigenvalue weighted by Crippen LogP contribution is 2.37. The molecule has 0 spiro atoms. The van der Waals surface area contributed by atoms with Crippen LogP contribution in [-0.2, 0) is 0 Å². The fourth-order valence-electron chi connectivity index (χ4n) is 7.76. The molecule has 5 nitrogen and oxygen atoms in total. The molecule has 10 rings (SSSR count). The van der Waals surface area contributed by atoms with E-state index < -0.39 is 0 Å². The standard InChI is InChI=1S/C57H41N5/c1-38-14-18-40(19-15-38)47-32-49(42-22-26-44(27-23-42)53-12-6-8-30-58-53)36-51(34-47)56-60-55(46-10-4-3-5-11-46)61-57(62-56)52-35-48(41-20-16-39(2)17-21-41)33-50(37-52)43-24-28-45(29-25-43)54-13-7-9-31-59-54/h3-37H,1-2H3. The molecule has 62 heavy (non-hydrogen) atoms. The van der Waals surface area contributed by atoms with Gasteiger partial charge >= 0.3 is 0 Å². The van der Waals surface area contributed by atoms with Crippen molar-refractivity contribution in [2.24, 2.45) is 0 Å². The first kappa shape index (κ1) is 38.1. The fraction of sp³-hybridized carbons (Fsp3) is 0.0351. The molecular formula is C57H41N5. The van der Waals surface area contributed by atoms with E-state index in [9.17, 15) is 0 Å². The minimum absolute atomic E-state index is 0.594. The molecule has 0 aliphatic carbocycles. The second kappa shape index (κ2) is 16.8. The molecule has 0 radical (unpaired) electrons. The van der Waals surface area contributed by atoms with Crippen LogP contribution in [0.25, 0.3) is 101 Å². The van der Waals surface area contributed by atoms with Gasteiger partial charge in [-0.25, -0.2) is 15.0 Å². The summed E-state index contributed by atoms with van der Waals surface area (Å²) in [5.41, 5.74) is 17.8. The molecule has 0 aliphatic rings. The van der Waals surface area contributed by atoms with E-state index in [0.29, 0.717) is 17.5 Å². The molecule has 0 atom stereocenters. The molecule has 0 saturated heterocycles. The van der Waals surface area contributed by atoms with Crippen LogP contribution in [0.2, 0.25) is 0 Å². The molecule has 5 heteroatoms. The van der Waals surface area contributed by atoms with Crippen LogP contribution < -0.4 is 0 Å². The monoisotopic (exact) mass is 795 g/mol. The van der Waals surface area contributed by atoms with E-state index in [0.717, 1.165) is 83.7 Å². The summed E-state index contributed by atoms with van der Waals surface area (Å²) in [6.45, 7) is 4.23. The van der Waals surface area contributed by atoms with Gasteiger partial charge in [0.05, 0.1) is 11.4 Å². The van der Waals surface area contributed by atoms with Crippen LogP contribution in [0.5, 0.6) is 0 Å². The van der Waals surface area contributed by atoms with Gasteiger partial charge in [0, 0.05) is 40.2 Å². The molecule has 3 aromatic heterocycles. The highest BCUT2D eigenvalue weighted by Gasteiger charge is 2.17. The Morgan fingerprint density at radius 3 is 0.903 bits per heavy atom. The highest BCUT2D eigenvalue weighted by atomic mass is 15.0. The SMILES string of the molecule is Cc1ccc(-c2cc(-c3ccc(-c4ccccn4)cc3)cc(-c3nc(-c4ccccc4)nc(-c4cc(-c5ccc(C)cc5)cc(-c5ccc(-c6ccccn6)cc5)c4)n3)c2)cc1. The molecule has 0 fully saturated rings. The quantitative estimate of drug-likeness (QED) is 0.146. The second-order valence-electron chi connectivity index (χ2n) is 15.6. The van der Waals surface area contributed by atoms with Crippen LogP contribution in [0.15, 0.2) is 213 Å². The molecule has 10 aromatic rings. The summed E-state index contributed by atoms with van der Waals surface area (Å²) in [5, 5.41) is 0. The summed E-state index contributed by atoms with van der Waals surface area (Å²) in [4.78, 5) is 24.9. The molecule has 0 saturated carbocycles. The van der Waals surface area contributed by atoms with Gasteiger partial charge in [-0.2, -0.15) is 0 Å². The summed E-state index contributed by atoms with van der Waals surface area (Å²) in [5.74, 6) is 1.79. The topological polar surface area (TPSA) is 64.5 Å². The Bertz CT molecular complexity index is 2940. The molecular weight excluding hydrogens is 755 g/mol. The van der Waals surface area contributed by atoms with Crippen molar-refractivity contribution in [2.75, 3.05) is 0 Å². The third-order valence-corrected chi connectivity index (χ3v) is 11.2. The molecule has 0 aliphatic heterocycles. The lowest BCUT2D eigenvalue weighted by molar-refractivity contribution is 1.07. The molecule has 0 unspecified atom stereocenters. The number of aryl methyl sites for hydroxylation is 2. The smallest absolute Gasteiger partial charge is 0.164 e. The van der Waals surface area contributed by atoms with Crippen LogP contribution in [0.3, 0.4) is 0 Å². The lowest BCUT2D eigenvalue weighted by atomic mass is 9.94. The third-order valence-electron chi connectivity index (χ3n) is 11.2. The van der Waals surface area contributed by atoms with Crippen molar-refractivity contribution in [3.63, 3.8) is 0 Å². The van der Waals surface area contributed by atoms with Gasteiger partial charge in [0.2, 0.25) is 0 Å². The lowest BCUT2D eigenvalue weighted by Crippen LogP contribution is -2.01. The summed E-state index contributed by atoms with van der Waals surface area (Å²) in [6.07, 6.45) is 3.65. The number of rotatable bonds is 9. The zero-order chi connectivity index (χ0) is 41.8. The number of nitrogens with zero attached hydrogens (tertiary/aromatic N) is 5. The third kappa shape index (κ3) is 8.20. The lowest BCUT2D eigenvalue weighted by Gasteiger charge is -2.14. The zero-order valence-electron chi connectivity index (χ0n) is 34.4. The average Bonchev–Trinajstić information content (AvgIpc) is 3.35. The second-order valence-corrected chi connectivity index (χ2v) is 15.6. The number of hydrogen-bond acceptors (Lipinski definition) is 5. The Balaban J connectivity index is 1.14. The van der Waals surface area contributed by atoms with Crippen molar-refractivity contribution in [3.8, 4) is 101 Å². The maximum absolute atomic E-state index is 5.34. The van der Waals surface area contributed by atoms with E-state index in [1.54, 1.807) is 0 Å². The van der Waals surface area contributed by atoms with Gasteiger partial charge < -0.3 is 0 Å². The maximum Gasteiger partial charge on any atom is 0.164 e. The van der Waals surface area contributed by atoms with Crippen LogP contribution in [0.1, 0.15) is 11.1 Å². The van der Waals surface area contributed by atoms with E-state index in [1.807, 2.05) is 67.0 Å². The van der Waals surface area contributed by atoms with Gasteiger partial charge in [0.15, 0.2) is 17.5 Å². The van der Waals surface area contributed by atoms with Crippen molar-refractivity contribution in [1.82, 2.24) is 24.9 Å². The van der Waals surface area contributed by atoms with Gasteiger partial charge in [-0.05, 0) is 119 Å². The predicted molar refractivity (Wildman–Crippen MR) is 254 cm³/mol. The van der Waals surface area contributed by atoms with E-state index in [1.165, 1.54) is 11.1 Å². The minimum atomic E-state index is 0.594. The van der Waals surface area contributed by atoms with E-state index in [2.05, 4.69) is 169 Å².